The van der Waals surface area contributed by atoms with E-state index >= 15 is 0 Å². The van der Waals surface area contributed by atoms with E-state index in [0.717, 1.165) is 0 Å². The molecule has 2 N–H and O–H groups in total. The van der Waals surface area contributed by atoms with Crippen LogP contribution in [-0.4, -0.2) is 6.04 Å². The molecule has 0 aliphatic heterocycles. The van der Waals surface area contributed by atoms with Gasteiger partial charge in [0.15, 0.2) is 0 Å². The lowest BCUT2D eigenvalue weighted by molar-refractivity contribution is 0.271. The average molecular weight is 211 g/mol. The van der Waals surface area contributed by atoms with Gasteiger partial charge in [0.1, 0.15) is 0 Å². The van der Waals surface area contributed by atoms with E-state index in [9.17, 15) is 0 Å². The molecule has 1 atom stereocenters. The van der Waals surface area contributed by atoms with Crippen molar-refractivity contribution in [3.63, 3.8) is 0 Å². The Morgan fingerprint density at radius 2 is 1.40 bits per heavy atom. The highest BCUT2D eigenvalue weighted by atomic mass is 14.6. The van der Waals surface area contributed by atoms with Gasteiger partial charge in [-0.05, 0) is 31.1 Å². The van der Waals surface area contributed by atoms with E-state index in [1.165, 1.54) is 64.2 Å². The van der Waals surface area contributed by atoms with E-state index < -0.39 is 0 Å². The lowest BCUT2D eigenvalue weighted by atomic mass is 9.80. The molecule has 15 heavy (non-hydrogen) atoms. The normalized spacial score (nSPS) is 30.2. The summed E-state index contributed by atoms with van der Waals surface area (Å²) in [5.74, 6) is 0. The third kappa shape index (κ3) is 6.19. The van der Waals surface area contributed by atoms with Gasteiger partial charge >= 0.3 is 0 Å². The summed E-state index contributed by atoms with van der Waals surface area (Å²) in [5.41, 5.74) is 6.66. The number of hydrogen-bond acceptors (Lipinski definition) is 1. The van der Waals surface area contributed by atoms with Crippen molar-refractivity contribution in [2.75, 3.05) is 0 Å². The van der Waals surface area contributed by atoms with Crippen LogP contribution in [0, 0.1) is 5.41 Å². The summed E-state index contributed by atoms with van der Waals surface area (Å²) < 4.78 is 0. The smallest absolute Gasteiger partial charge is 0.00390 e. The third-order valence-corrected chi connectivity index (χ3v) is 3.87. The molecule has 90 valence electrons. The Balaban J connectivity index is 2.35. The van der Waals surface area contributed by atoms with Crippen LogP contribution in [0.3, 0.4) is 0 Å². The lowest BCUT2D eigenvalue weighted by Gasteiger charge is -2.26. The molecule has 1 fully saturated rings. The highest BCUT2D eigenvalue weighted by Crippen LogP contribution is 2.30. The molecule has 1 aliphatic rings. The molecular formula is C14H29N. The van der Waals surface area contributed by atoms with Crippen molar-refractivity contribution in [3.8, 4) is 0 Å². The monoisotopic (exact) mass is 211 g/mol. The maximum Gasteiger partial charge on any atom is 0.00390 e. The van der Waals surface area contributed by atoms with E-state index in [-0.39, 0.29) is 0 Å². The lowest BCUT2D eigenvalue weighted by Crippen LogP contribution is -2.23. The molecular weight excluding hydrogens is 182 g/mol. The Bertz CT molecular complexity index is 163. The number of nitrogens with two attached hydrogens (primary N) is 1. The Morgan fingerprint density at radius 3 is 2.13 bits per heavy atom. The molecule has 1 aliphatic carbocycles. The zero-order valence-electron chi connectivity index (χ0n) is 10.7. The van der Waals surface area contributed by atoms with Crippen molar-refractivity contribution in [2.45, 2.75) is 84.1 Å². The maximum absolute atomic E-state index is 6.14. The second-order valence-electron chi connectivity index (χ2n) is 6.12. The molecule has 0 aromatic carbocycles. The van der Waals surface area contributed by atoms with Crippen molar-refractivity contribution in [1.82, 2.24) is 0 Å². The molecule has 0 heterocycles. The first-order valence-electron chi connectivity index (χ1n) is 6.86. The van der Waals surface area contributed by atoms with Gasteiger partial charge in [0, 0.05) is 6.04 Å². The van der Waals surface area contributed by atoms with Gasteiger partial charge in [-0.3, -0.25) is 0 Å². The van der Waals surface area contributed by atoms with Crippen LogP contribution in [0.15, 0.2) is 0 Å². The molecule has 0 aromatic rings. The van der Waals surface area contributed by atoms with Gasteiger partial charge in [0.05, 0.1) is 0 Å². The standard InChI is InChI=1S/C14H29N/c1-14(2)11-8-6-4-3-5-7-9-13(15)10-12-14/h13H,3-12,15H2,1-2H3. The summed E-state index contributed by atoms with van der Waals surface area (Å²) in [6.07, 6.45) is 13.6. The van der Waals surface area contributed by atoms with Crippen molar-refractivity contribution in [1.29, 1.82) is 0 Å². The Labute approximate surface area is 95.8 Å². The van der Waals surface area contributed by atoms with Crippen LogP contribution in [0.5, 0.6) is 0 Å². The van der Waals surface area contributed by atoms with Crippen molar-refractivity contribution >= 4 is 0 Å². The fourth-order valence-electron chi connectivity index (χ4n) is 2.56. The van der Waals surface area contributed by atoms with Gasteiger partial charge in [-0.15, -0.1) is 0 Å². The third-order valence-electron chi connectivity index (χ3n) is 3.87. The van der Waals surface area contributed by atoms with Gasteiger partial charge in [0.2, 0.25) is 0 Å². The summed E-state index contributed by atoms with van der Waals surface area (Å²) in [7, 11) is 0. The van der Waals surface area contributed by atoms with Gasteiger partial charge in [-0.1, -0.05) is 52.4 Å². The molecule has 0 bridgehead atoms. The second-order valence-corrected chi connectivity index (χ2v) is 6.12. The quantitative estimate of drug-likeness (QED) is 0.636. The molecule has 1 rings (SSSR count). The van der Waals surface area contributed by atoms with E-state index in [4.69, 9.17) is 5.73 Å². The molecule has 0 radical (unpaired) electrons. The fourth-order valence-corrected chi connectivity index (χ4v) is 2.56. The van der Waals surface area contributed by atoms with Crippen molar-refractivity contribution in [3.05, 3.63) is 0 Å². The predicted octanol–water partition coefficient (Wildman–Crippen LogP) is 4.25. The first-order chi connectivity index (χ1) is 7.10. The summed E-state index contributed by atoms with van der Waals surface area (Å²) in [6.45, 7) is 4.82. The highest BCUT2D eigenvalue weighted by molar-refractivity contribution is 4.73. The van der Waals surface area contributed by atoms with Crippen LogP contribution in [0.25, 0.3) is 0 Å². The van der Waals surface area contributed by atoms with Crippen LogP contribution in [0.1, 0.15) is 78.1 Å². The molecule has 1 nitrogen and oxygen atoms in total. The minimum atomic E-state index is 0.462. The molecule has 1 unspecified atom stereocenters. The second kappa shape index (κ2) is 6.52. The van der Waals surface area contributed by atoms with Crippen molar-refractivity contribution in [2.24, 2.45) is 11.1 Å². The van der Waals surface area contributed by atoms with E-state index in [1.807, 2.05) is 0 Å². The van der Waals surface area contributed by atoms with Gasteiger partial charge in [-0.25, -0.2) is 0 Å². The minimum Gasteiger partial charge on any atom is -0.328 e. The summed E-state index contributed by atoms with van der Waals surface area (Å²) in [4.78, 5) is 0. The molecule has 0 saturated heterocycles. The maximum atomic E-state index is 6.14. The van der Waals surface area contributed by atoms with E-state index in [0.29, 0.717) is 11.5 Å². The topological polar surface area (TPSA) is 26.0 Å². The highest BCUT2D eigenvalue weighted by Gasteiger charge is 2.18. The first-order valence-corrected chi connectivity index (χ1v) is 6.86. The summed E-state index contributed by atoms with van der Waals surface area (Å²) in [6, 6.07) is 0.462. The van der Waals surface area contributed by atoms with E-state index in [2.05, 4.69) is 13.8 Å². The van der Waals surface area contributed by atoms with Crippen LogP contribution >= 0.6 is 0 Å². The molecule has 0 spiro atoms. The number of rotatable bonds is 0. The average Bonchev–Trinajstić information content (AvgIpc) is 2.17. The van der Waals surface area contributed by atoms with E-state index in [1.54, 1.807) is 0 Å². The largest absolute Gasteiger partial charge is 0.328 e. The number of hydrogen-bond donors (Lipinski definition) is 1. The molecule has 0 aromatic heterocycles. The van der Waals surface area contributed by atoms with Gasteiger partial charge in [0.25, 0.3) is 0 Å². The Hall–Kier alpha value is -0.0400. The zero-order valence-corrected chi connectivity index (χ0v) is 10.7. The van der Waals surface area contributed by atoms with Crippen LogP contribution in [0.4, 0.5) is 0 Å². The SMILES string of the molecule is CC1(C)CCCCCCCCC(N)CC1. The minimum absolute atomic E-state index is 0.462. The van der Waals surface area contributed by atoms with Crippen LogP contribution in [0.2, 0.25) is 0 Å². The summed E-state index contributed by atoms with van der Waals surface area (Å²) >= 11 is 0. The molecule has 0 amide bonds. The summed E-state index contributed by atoms with van der Waals surface area (Å²) in [5, 5.41) is 0. The van der Waals surface area contributed by atoms with Crippen LogP contribution in [-0.2, 0) is 0 Å². The van der Waals surface area contributed by atoms with Gasteiger partial charge < -0.3 is 5.73 Å². The van der Waals surface area contributed by atoms with Crippen LogP contribution < -0.4 is 5.73 Å². The first kappa shape index (κ1) is 13.0. The fraction of sp³-hybridized carbons (Fsp3) is 1.00. The zero-order chi connectivity index (χ0) is 11.1. The molecule has 1 saturated carbocycles. The Morgan fingerprint density at radius 1 is 0.800 bits per heavy atom. The molecule has 1 heteroatoms. The predicted molar refractivity (Wildman–Crippen MR) is 67.9 cm³/mol. The van der Waals surface area contributed by atoms with Gasteiger partial charge in [-0.2, -0.15) is 0 Å². The Kier molecular flexibility index (Phi) is 5.66. The van der Waals surface area contributed by atoms with Crippen molar-refractivity contribution < 1.29 is 0 Å².